The largest absolute Gasteiger partial charge is 0.508 e. The van der Waals surface area contributed by atoms with Crippen LogP contribution in [0, 0.1) is 0 Å². The van der Waals surface area contributed by atoms with Crippen molar-refractivity contribution in [2.75, 3.05) is 22.9 Å². The third-order valence-electron chi connectivity index (χ3n) is 8.52. The Morgan fingerprint density at radius 2 is 1.11 bits per heavy atom. The third-order valence-corrected chi connectivity index (χ3v) is 8.52. The Bertz CT molecular complexity index is 1330. The number of allylic oxidation sites excluding steroid dienone is 8. The molecule has 0 aromatic heterocycles. The second-order valence-corrected chi connectivity index (χ2v) is 11.5. The molecule has 2 heterocycles. The molecular formula is C33H38N2O3. The Kier molecular flexibility index (Phi) is 6.29. The number of anilines is 2. The number of carbonyl (C=O) groups is 1. The van der Waals surface area contributed by atoms with E-state index in [1.165, 1.54) is 0 Å². The summed E-state index contributed by atoms with van der Waals surface area (Å²) >= 11 is 0. The maximum Gasteiger partial charge on any atom is 0.185 e. The molecule has 3 aliphatic rings. The number of hydrogen-bond acceptors (Lipinski definition) is 5. The van der Waals surface area contributed by atoms with Crippen LogP contribution in [0.4, 0.5) is 11.4 Å². The van der Waals surface area contributed by atoms with E-state index in [-0.39, 0.29) is 28.1 Å². The van der Waals surface area contributed by atoms with E-state index in [1.807, 2.05) is 36.4 Å². The predicted molar refractivity (Wildman–Crippen MR) is 155 cm³/mol. The fraction of sp³-hybridized carbons (Fsp3) is 0.364. The highest BCUT2D eigenvalue weighted by Crippen LogP contribution is 2.50. The fourth-order valence-electron chi connectivity index (χ4n) is 6.39. The van der Waals surface area contributed by atoms with E-state index in [0.717, 1.165) is 71.0 Å². The SMILES string of the molecule is CCN1/C(=C/C=C2\CC/C(=C\C=C3\N(CC)c4ccc(O)cc4C3(C)C)C2=O)C(C)(C)c2cc(O)ccc21. The number of nitrogens with zero attached hydrogens (tertiary/aromatic N) is 2. The molecule has 5 nitrogen and oxygen atoms in total. The Balaban J connectivity index is 1.44. The van der Waals surface area contributed by atoms with Gasteiger partial charge in [-0.1, -0.05) is 39.8 Å². The zero-order chi connectivity index (χ0) is 27.4. The first-order chi connectivity index (χ1) is 18.0. The second kappa shape index (κ2) is 9.23. The van der Waals surface area contributed by atoms with Crippen LogP contribution in [0.2, 0.25) is 0 Å². The lowest BCUT2D eigenvalue weighted by Gasteiger charge is -2.26. The molecule has 1 saturated carbocycles. The van der Waals surface area contributed by atoms with Crippen molar-refractivity contribution in [3.05, 3.63) is 94.4 Å². The molecule has 0 spiro atoms. The molecule has 5 heteroatoms. The number of fused-ring (bicyclic) bond motifs is 2. The first-order valence-electron chi connectivity index (χ1n) is 13.6. The van der Waals surface area contributed by atoms with E-state index in [4.69, 9.17) is 0 Å². The molecule has 2 aromatic rings. The van der Waals surface area contributed by atoms with Crippen LogP contribution < -0.4 is 9.80 Å². The van der Waals surface area contributed by atoms with Crippen LogP contribution in [-0.4, -0.2) is 29.1 Å². The molecule has 0 bridgehead atoms. The van der Waals surface area contributed by atoms with Crippen LogP contribution in [0.25, 0.3) is 0 Å². The first kappa shape index (κ1) is 25.9. The maximum absolute atomic E-state index is 13.4. The van der Waals surface area contributed by atoms with Crippen molar-refractivity contribution < 1.29 is 15.0 Å². The van der Waals surface area contributed by atoms with Gasteiger partial charge < -0.3 is 20.0 Å². The lowest BCUT2D eigenvalue weighted by molar-refractivity contribution is -0.111. The van der Waals surface area contributed by atoms with Crippen molar-refractivity contribution in [1.82, 2.24) is 0 Å². The first-order valence-corrected chi connectivity index (χ1v) is 13.6. The molecule has 2 N–H and O–H groups in total. The van der Waals surface area contributed by atoms with Crippen molar-refractivity contribution >= 4 is 17.2 Å². The monoisotopic (exact) mass is 510 g/mol. The topological polar surface area (TPSA) is 64.0 Å². The van der Waals surface area contributed by atoms with E-state index >= 15 is 0 Å². The van der Waals surface area contributed by atoms with Crippen LogP contribution in [-0.2, 0) is 15.6 Å². The van der Waals surface area contributed by atoms with E-state index in [1.54, 1.807) is 12.1 Å². The predicted octanol–water partition coefficient (Wildman–Crippen LogP) is 7.02. The number of hydrogen-bond donors (Lipinski definition) is 2. The molecule has 38 heavy (non-hydrogen) atoms. The van der Waals surface area contributed by atoms with E-state index < -0.39 is 0 Å². The summed E-state index contributed by atoms with van der Waals surface area (Å²) in [7, 11) is 0. The Labute approximate surface area is 226 Å². The number of benzene rings is 2. The van der Waals surface area contributed by atoms with Gasteiger partial charge in [-0.05, 0) is 86.4 Å². The Morgan fingerprint density at radius 1 is 0.711 bits per heavy atom. The zero-order valence-corrected chi connectivity index (χ0v) is 23.3. The highest BCUT2D eigenvalue weighted by atomic mass is 16.3. The van der Waals surface area contributed by atoms with Crippen molar-refractivity contribution in [2.24, 2.45) is 0 Å². The summed E-state index contributed by atoms with van der Waals surface area (Å²) in [4.78, 5) is 17.9. The summed E-state index contributed by atoms with van der Waals surface area (Å²) in [5.41, 5.74) is 7.81. The minimum absolute atomic E-state index is 0.113. The average Bonchev–Trinajstić information content (AvgIpc) is 3.41. The Morgan fingerprint density at radius 3 is 1.47 bits per heavy atom. The third kappa shape index (κ3) is 3.96. The summed E-state index contributed by atoms with van der Waals surface area (Å²) < 4.78 is 0. The van der Waals surface area contributed by atoms with Gasteiger partial charge in [0, 0.05) is 57.8 Å². The summed E-state index contributed by atoms with van der Waals surface area (Å²) in [5, 5.41) is 20.2. The molecule has 2 aromatic carbocycles. The summed E-state index contributed by atoms with van der Waals surface area (Å²) in [6.45, 7) is 14.5. The maximum atomic E-state index is 13.4. The molecule has 0 amide bonds. The minimum Gasteiger partial charge on any atom is -0.508 e. The molecule has 198 valence electrons. The van der Waals surface area contributed by atoms with Crippen LogP contribution in [0.3, 0.4) is 0 Å². The lowest BCUT2D eigenvalue weighted by Crippen LogP contribution is -2.25. The number of carbonyl (C=O) groups excluding carboxylic acids is 1. The highest BCUT2D eigenvalue weighted by Gasteiger charge is 2.40. The van der Waals surface area contributed by atoms with Gasteiger partial charge in [0.1, 0.15) is 11.5 Å². The van der Waals surface area contributed by atoms with E-state index in [0.29, 0.717) is 0 Å². The molecule has 0 unspecified atom stereocenters. The van der Waals surface area contributed by atoms with Gasteiger partial charge in [0.25, 0.3) is 0 Å². The molecule has 2 aliphatic heterocycles. The summed E-state index contributed by atoms with van der Waals surface area (Å²) in [5.74, 6) is 0.658. The van der Waals surface area contributed by atoms with Gasteiger partial charge in [-0.25, -0.2) is 0 Å². The zero-order valence-electron chi connectivity index (χ0n) is 23.3. The smallest absolute Gasteiger partial charge is 0.185 e. The number of Topliss-reactive ketones (excluding diaryl/α,β-unsaturated/α-hetero) is 1. The average molecular weight is 511 g/mol. The molecule has 5 rings (SSSR count). The van der Waals surface area contributed by atoms with Crippen LogP contribution in [0.1, 0.15) is 65.5 Å². The van der Waals surface area contributed by atoms with E-state index in [2.05, 4.69) is 63.5 Å². The van der Waals surface area contributed by atoms with Crippen molar-refractivity contribution in [3.63, 3.8) is 0 Å². The molecule has 1 aliphatic carbocycles. The van der Waals surface area contributed by atoms with Gasteiger partial charge in [-0.15, -0.1) is 0 Å². The molecule has 0 radical (unpaired) electrons. The second-order valence-electron chi connectivity index (χ2n) is 11.5. The van der Waals surface area contributed by atoms with Gasteiger partial charge >= 0.3 is 0 Å². The van der Waals surface area contributed by atoms with Crippen LogP contribution in [0.15, 0.2) is 83.2 Å². The standard InChI is InChI=1S/C33H38N2O3/c1-7-34-27-15-13-23(36)19-25(27)32(3,4)29(34)17-11-21-9-10-22(31(21)38)12-18-30-33(5,6)26-20-24(37)14-16-28(26)35(30)8-2/h11-20,36-37H,7-10H2,1-6H3/b21-11+,22-12+,29-17+,30-18+. The fourth-order valence-corrected chi connectivity index (χ4v) is 6.39. The summed E-state index contributed by atoms with van der Waals surface area (Å²) in [6.07, 6.45) is 9.64. The van der Waals surface area contributed by atoms with Gasteiger partial charge in [-0.3, -0.25) is 4.79 Å². The van der Waals surface area contributed by atoms with Crippen LogP contribution >= 0.6 is 0 Å². The van der Waals surface area contributed by atoms with Crippen LogP contribution in [0.5, 0.6) is 11.5 Å². The lowest BCUT2D eigenvalue weighted by atomic mass is 9.83. The minimum atomic E-state index is -0.271. The van der Waals surface area contributed by atoms with Gasteiger partial charge in [0.2, 0.25) is 0 Å². The van der Waals surface area contributed by atoms with Crippen molar-refractivity contribution in [2.45, 2.75) is 65.2 Å². The number of rotatable bonds is 4. The number of phenolic OH excluding ortho intramolecular Hbond substituents is 2. The molecule has 0 atom stereocenters. The highest BCUT2D eigenvalue weighted by molar-refractivity contribution is 6.11. The van der Waals surface area contributed by atoms with E-state index in [9.17, 15) is 15.0 Å². The van der Waals surface area contributed by atoms with Crippen molar-refractivity contribution in [3.8, 4) is 11.5 Å². The number of likely N-dealkylation sites (N-methyl/N-ethyl adjacent to an activating group) is 2. The number of aromatic hydroxyl groups is 2. The number of ketones is 1. The molecule has 1 fully saturated rings. The Hall–Kier alpha value is -3.73. The summed E-state index contributed by atoms with van der Waals surface area (Å²) in [6, 6.07) is 11.1. The number of phenols is 2. The van der Waals surface area contributed by atoms with Gasteiger partial charge in [-0.2, -0.15) is 0 Å². The molecule has 0 saturated heterocycles. The molecular weight excluding hydrogens is 472 g/mol. The van der Waals surface area contributed by atoms with Gasteiger partial charge in [0.05, 0.1) is 0 Å². The van der Waals surface area contributed by atoms with Gasteiger partial charge in [0.15, 0.2) is 5.78 Å². The van der Waals surface area contributed by atoms with Crippen molar-refractivity contribution in [1.29, 1.82) is 0 Å². The quantitative estimate of drug-likeness (QED) is 0.433. The normalized spacial score (nSPS) is 23.8.